The van der Waals surface area contributed by atoms with Gasteiger partial charge in [-0.2, -0.15) is 0 Å². The molecule has 0 spiro atoms. The van der Waals surface area contributed by atoms with E-state index in [2.05, 4.69) is 16.8 Å². The minimum absolute atomic E-state index is 0.0461. The van der Waals surface area contributed by atoms with Crippen molar-refractivity contribution in [1.82, 2.24) is 9.88 Å². The minimum Gasteiger partial charge on any atom is -0.338 e. The predicted octanol–water partition coefficient (Wildman–Crippen LogP) is 2.96. The van der Waals surface area contributed by atoms with Gasteiger partial charge in [-0.1, -0.05) is 26.8 Å². The quantitative estimate of drug-likeness (QED) is 0.747. The highest BCUT2D eigenvalue weighted by atomic mass is 16.2. The average molecular weight is 323 g/mol. The van der Waals surface area contributed by atoms with Crippen LogP contribution in [-0.2, 0) is 4.79 Å². The van der Waals surface area contributed by atoms with E-state index in [0.717, 1.165) is 6.42 Å². The second kappa shape index (κ2) is 5.55. The number of ketones is 1. The van der Waals surface area contributed by atoms with Crippen LogP contribution in [0.3, 0.4) is 0 Å². The Hall–Kier alpha value is -2.48. The third kappa shape index (κ3) is 2.43. The molecular weight excluding hydrogens is 302 g/mol. The van der Waals surface area contributed by atoms with Crippen LogP contribution in [-0.4, -0.2) is 34.7 Å². The molecule has 5 heteroatoms. The van der Waals surface area contributed by atoms with Gasteiger partial charge in [0.15, 0.2) is 5.78 Å². The van der Waals surface area contributed by atoms with Gasteiger partial charge in [0.2, 0.25) is 5.70 Å². The van der Waals surface area contributed by atoms with E-state index >= 15 is 0 Å². The summed E-state index contributed by atoms with van der Waals surface area (Å²) < 4.78 is 0. The van der Waals surface area contributed by atoms with E-state index in [9.17, 15) is 9.59 Å². The lowest BCUT2D eigenvalue weighted by Crippen LogP contribution is -2.56. The van der Waals surface area contributed by atoms with E-state index in [0.29, 0.717) is 18.7 Å². The molecule has 2 aliphatic rings. The van der Waals surface area contributed by atoms with E-state index in [1.165, 1.54) is 0 Å². The fraction of sp³-hybridized carbons (Fsp3) is 0.474. The zero-order valence-corrected chi connectivity index (χ0v) is 14.2. The maximum Gasteiger partial charge on any atom is 0.255 e. The van der Waals surface area contributed by atoms with E-state index in [1.54, 1.807) is 30.6 Å². The average Bonchev–Trinajstić information content (AvgIpc) is 2.58. The summed E-state index contributed by atoms with van der Waals surface area (Å²) in [6.45, 7) is 14.4. The first-order chi connectivity index (χ1) is 11.3. The van der Waals surface area contributed by atoms with E-state index < -0.39 is 5.41 Å². The summed E-state index contributed by atoms with van der Waals surface area (Å²) in [6, 6.07) is 3.51. The molecule has 1 aliphatic carbocycles. The lowest BCUT2D eigenvalue weighted by Gasteiger charge is -2.53. The number of pyridine rings is 1. The Morgan fingerprint density at radius 2 is 2.17 bits per heavy atom. The molecule has 3 rings (SSSR count). The molecule has 1 aromatic heterocycles. The van der Waals surface area contributed by atoms with Crippen LogP contribution in [0, 0.1) is 23.3 Å². The van der Waals surface area contributed by atoms with Gasteiger partial charge in [0, 0.05) is 30.9 Å². The molecule has 2 heterocycles. The third-order valence-electron chi connectivity index (χ3n) is 5.49. The maximum atomic E-state index is 12.7. The Bertz CT molecular complexity index is 761. The molecule has 0 N–H and O–H groups in total. The van der Waals surface area contributed by atoms with Crippen molar-refractivity contribution in [3.63, 3.8) is 0 Å². The number of hydrogen-bond acceptors (Lipinski definition) is 3. The molecule has 1 aliphatic heterocycles. The number of carbonyl (C=O) groups excluding carboxylic acids is 2. The number of carbonyl (C=O) groups is 2. The number of piperidine rings is 1. The van der Waals surface area contributed by atoms with Gasteiger partial charge in [-0.25, -0.2) is 4.85 Å². The van der Waals surface area contributed by atoms with Gasteiger partial charge >= 0.3 is 0 Å². The Kier molecular flexibility index (Phi) is 3.79. The molecule has 1 saturated heterocycles. The van der Waals surface area contributed by atoms with Crippen molar-refractivity contribution in [3.8, 4) is 0 Å². The number of fused-ring (bicyclic) bond motifs is 1. The number of hydrogen-bond donors (Lipinski definition) is 0. The molecule has 124 valence electrons. The van der Waals surface area contributed by atoms with Crippen LogP contribution in [0.5, 0.6) is 0 Å². The van der Waals surface area contributed by atoms with Crippen LogP contribution in [0.2, 0.25) is 0 Å². The summed E-state index contributed by atoms with van der Waals surface area (Å²) in [6.07, 6.45) is 5.76. The number of nitrogens with zero attached hydrogens (tertiary/aromatic N) is 3. The number of rotatable bonds is 1. The lowest BCUT2D eigenvalue weighted by molar-refractivity contribution is -0.131. The molecule has 1 aromatic rings. The Morgan fingerprint density at radius 1 is 1.42 bits per heavy atom. The molecule has 1 fully saturated rings. The number of aromatic nitrogens is 1. The molecule has 0 radical (unpaired) electrons. The van der Waals surface area contributed by atoms with Gasteiger partial charge in [0.1, 0.15) is 0 Å². The third-order valence-corrected chi connectivity index (χ3v) is 5.49. The number of allylic oxidation sites excluding steroid dienone is 1. The summed E-state index contributed by atoms with van der Waals surface area (Å²) in [5.41, 5.74) is -0.172. The first-order valence-corrected chi connectivity index (χ1v) is 8.14. The highest BCUT2D eigenvalue weighted by molar-refractivity contribution is 6.02. The fourth-order valence-electron chi connectivity index (χ4n) is 4.34. The van der Waals surface area contributed by atoms with E-state index in [-0.39, 0.29) is 28.7 Å². The number of likely N-dealkylation sites (tertiary alicyclic amines) is 1. The fourth-order valence-corrected chi connectivity index (χ4v) is 4.34. The number of amides is 1. The molecule has 0 unspecified atom stereocenters. The summed E-state index contributed by atoms with van der Waals surface area (Å²) >= 11 is 0. The zero-order valence-electron chi connectivity index (χ0n) is 14.2. The van der Waals surface area contributed by atoms with E-state index in [4.69, 9.17) is 6.57 Å². The Balaban J connectivity index is 1.94. The number of Topliss-reactive ketones (excluding diaryl/α,β-unsaturated/α-hetero) is 1. The normalized spacial score (nSPS) is 28.6. The summed E-state index contributed by atoms with van der Waals surface area (Å²) in [5, 5.41) is 0. The summed E-state index contributed by atoms with van der Waals surface area (Å²) in [5.74, 6) is 0.00297. The molecule has 0 aromatic carbocycles. The van der Waals surface area contributed by atoms with Gasteiger partial charge in [-0.05, 0) is 29.9 Å². The standard InChI is InChI=1S/C19H21N3O2/c1-18(2)15-7-9-22(17(24)13-6-5-8-21-11-13)12-19(15,3)10-14(20-4)16(18)23/h5-6,8,10-11,15H,7,9,12H2,1-3H3/t15-,19+/m1/s1. The van der Waals surface area contributed by atoms with Gasteiger partial charge < -0.3 is 9.69 Å². The first kappa shape index (κ1) is 16.4. The summed E-state index contributed by atoms with van der Waals surface area (Å²) in [4.78, 5) is 34.5. The van der Waals surface area contributed by atoms with Gasteiger partial charge in [-0.15, -0.1) is 0 Å². The molecule has 5 nitrogen and oxygen atoms in total. The highest BCUT2D eigenvalue weighted by Crippen LogP contribution is 2.52. The maximum absolute atomic E-state index is 12.7. The summed E-state index contributed by atoms with van der Waals surface area (Å²) in [7, 11) is 0. The molecule has 0 saturated carbocycles. The van der Waals surface area contributed by atoms with Crippen LogP contribution in [0.25, 0.3) is 4.85 Å². The van der Waals surface area contributed by atoms with Crippen molar-refractivity contribution in [2.24, 2.45) is 16.7 Å². The second-order valence-corrected chi connectivity index (χ2v) is 7.51. The van der Waals surface area contributed by atoms with Gasteiger partial charge in [-0.3, -0.25) is 9.78 Å². The van der Waals surface area contributed by atoms with Crippen molar-refractivity contribution in [2.45, 2.75) is 27.2 Å². The Labute approximate surface area is 142 Å². The SMILES string of the molecule is [C-]#[N+]C1=C[C@@]2(C)CN(C(=O)c3cccnc3)CC[C@@H]2C(C)(C)C1=O. The van der Waals surface area contributed by atoms with Crippen molar-refractivity contribution in [2.75, 3.05) is 13.1 Å². The molecular formula is C19H21N3O2. The first-order valence-electron chi connectivity index (χ1n) is 8.14. The van der Waals surface area contributed by atoms with Crippen molar-refractivity contribution in [1.29, 1.82) is 0 Å². The molecule has 1 amide bonds. The zero-order chi connectivity index (χ0) is 17.5. The minimum atomic E-state index is -0.577. The Morgan fingerprint density at radius 3 is 2.79 bits per heavy atom. The predicted molar refractivity (Wildman–Crippen MR) is 89.8 cm³/mol. The molecule has 24 heavy (non-hydrogen) atoms. The van der Waals surface area contributed by atoms with Crippen molar-refractivity contribution in [3.05, 3.63) is 53.3 Å². The van der Waals surface area contributed by atoms with Crippen LogP contribution in [0.15, 0.2) is 36.3 Å². The second-order valence-electron chi connectivity index (χ2n) is 7.51. The van der Waals surface area contributed by atoms with Crippen molar-refractivity contribution < 1.29 is 9.59 Å². The molecule has 2 atom stereocenters. The largest absolute Gasteiger partial charge is 0.338 e. The monoisotopic (exact) mass is 323 g/mol. The van der Waals surface area contributed by atoms with Crippen molar-refractivity contribution >= 4 is 11.7 Å². The van der Waals surface area contributed by atoms with Crippen LogP contribution in [0.4, 0.5) is 0 Å². The molecule has 0 bridgehead atoms. The van der Waals surface area contributed by atoms with Gasteiger partial charge in [0.25, 0.3) is 5.91 Å². The lowest BCUT2D eigenvalue weighted by atomic mass is 9.55. The van der Waals surface area contributed by atoms with Crippen LogP contribution in [0.1, 0.15) is 37.6 Å². The highest BCUT2D eigenvalue weighted by Gasteiger charge is 2.53. The van der Waals surface area contributed by atoms with Crippen LogP contribution < -0.4 is 0 Å². The van der Waals surface area contributed by atoms with E-state index in [1.807, 2.05) is 18.7 Å². The topological polar surface area (TPSA) is 54.6 Å². The van der Waals surface area contributed by atoms with Crippen LogP contribution >= 0.6 is 0 Å². The van der Waals surface area contributed by atoms with Gasteiger partial charge in [0.05, 0.1) is 12.1 Å². The smallest absolute Gasteiger partial charge is 0.255 e.